The third kappa shape index (κ3) is 3.82. The van der Waals surface area contributed by atoms with Crippen molar-refractivity contribution >= 4 is 0 Å². The Morgan fingerprint density at radius 2 is 2.22 bits per heavy atom. The molecule has 18 heavy (non-hydrogen) atoms. The van der Waals surface area contributed by atoms with Gasteiger partial charge in [0.25, 0.3) is 0 Å². The predicted octanol–water partition coefficient (Wildman–Crippen LogP) is 2.51. The van der Waals surface area contributed by atoms with Crippen molar-refractivity contribution < 1.29 is 4.74 Å². The summed E-state index contributed by atoms with van der Waals surface area (Å²) in [6.07, 6.45) is 8.80. The van der Waals surface area contributed by atoms with Crippen LogP contribution >= 0.6 is 0 Å². The van der Waals surface area contributed by atoms with E-state index in [0.29, 0.717) is 12.1 Å². The summed E-state index contributed by atoms with van der Waals surface area (Å²) in [7, 11) is 1.73. The lowest BCUT2D eigenvalue weighted by Crippen LogP contribution is -2.29. The molecule has 0 amide bonds. The van der Waals surface area contributed by atoms with E-state index in [2.05, 4.69) is 34.3 Å². The summed E-state index contributed by atoms with van der Waals surface area (Å²) in [4.78, 5) is 0. The summed E-state index contributed by atoms with van der Waals surface area (Å²) in [5, 5.41) is 8.09. The number of aromatic nitrogens is 2. The maximum Gasteiger partial charge on any atom is 0.0762 e. The van der Waals surface area contributed by atoms with Crippen LogP contribution in [0.3, 0.4) is 0 Å². The number of hydrogen-bond acceptors (Lipinski definition) is 3. The van der Waals surface area contributed by atoms with Gasteiger partial charge in [-0.25, -0.2) is 0 Å². The molecule has 1 atom stereocenters. The lowest BCUT2D eigenvalue weighted by Gasteiger charge is -2.21. The second kappa shape index (κ2) is 6.90. The highest BCUT2D eigenvalue weighted by atomic mass is 16.5. The minimum atomic E-state index is 0.370. The summed E-state index contributed by atoms with van der Waals surface area (Å²) < 4.78 is 7.27. The molecule has 1 aliphatic rings. The van der Waals surface area contributed by atoms with Gasteiger partial charge in [-0.3, -0.25) is 4.68 Å². The normalized spacial score (nSPS) is 19.0. The molecule has 0 aromatic carbocycles. The molecule has 4 heteroatoms. The molecule has 2 rings (SSSR count). The second-order valence-electron chi connectivity index (χ2n) is 5.32. The third-order valence-electron chi connectivity index (χ3n) is 3.66. The van der Waals surface area contributed by atoms with E-state index in [1.54, 1.807) is 7.11 Å². The van der Waals surface area contributed by atoms with E-state index in [1.807, 2.05) is 0 Å². The van der Waals surface area contributed by atoms with Gasteiger partial charge in [0.15, 0.2) is 0 Å². The van der Waals surface area contributed by atoms with Crippen LogP contribution in [-0.4, -0.2) is 29.5 Å². The molecule has 1 aromatic rings. The highest BCUT2D eigenvalue weighted by Crippen LogP contribution is 2.27. The largest absolute Gasteiger partial charge is 0.383 e. The van der Waals surface area contributed by atoms with Crippen LogP contribution < -0.4 is 5.32 Å². The number of ether oxygens (including phenoxy) is 1. The zero-order chi connectivity index (χ0) is 12.8. The molecule has 4 nitrogen and oxygen atoms in total. The molecule has 0 aliphatic heterocycles. The average Bonchev–Trinajstić information content (AvgIpc) is 2.87. The standard InChI is InChI=1S/C14H25N3O/c1-12(11-18-2)15-10-13-8-9-17(16-13)14-6-4-3-5-7-14/h8-9,12,14-15H,3-7,10-11H2,1-2H3. The van der Waals surface area contributed by atoms with Crippen LogP contribution in [-0.2, 0) is 11.3 Å². The first-order chi connectivity index (χ1) is 8.79. The van der Waals surface area contributed by atoms with Crippen LogP contribution in [0.25, 0.3) is 0 Å². The Hall–Kier alpha value is -0.870. The van der Waals surface area contributed by atoms with Crippen molar-refractivity contribution in [3.8, 4) is 0 Å². The summed E-state index contributed by atoms with van der Waals surface area (Å²) in [6, 6.07) is 3.12. The zero-order valence-electron chi connectivity index (χ0n) is 11.6. The van der Waals surface area contributed by atoms with E-state index < -0.39 is 0 Å². The van der Waals surface area contributed by atoms with Gasteiger partial charge < -0.3 is 10.1 Å². The van der Waals surface area contributed by atoms with E-state index in [-0.39, 0.29) is 0 Å². The van der Waals surface area contributed by atoms with Crippen LogP contribution in [0.5, 0.6) is 0 Å². The fourth-order valence-corrected chi connectivity index (χ4v) is 2.61. The van der Waals surface area contributed by atoms with Crippen molar-refractivity contribution in [1.82, 2.24) is 15.1 Å². The number of methoxy groups -OCH3 is 1. The van der Waals surface area contributed by atoms with Crippen molar-refractivity contribution in [2.24, 2.45) is 0 Å². The Bertz CT molecular complexity index is 345. The van der Waals surface area contributed by atoms with Crippen molar-refractivity contribution in [2.45, 2.75) is 57.7 Å². The van der Waals surface area contributed by atoms with E-state index in [9.17, 15) is 0 Å². The summed E-state index contributed by atoms with van der Waals surface area (Å²) in [5.41, 5.74) is 1.13. The zero-order valence-corrected chi connectivity index (χ0v) is 11.6. The number of hydrogen-bond donors (Lipinski definition) is 1. The smallest absolute Gasteiger partial charge is 0.0762 e. The van der Waals surface area contributed by atoms with Crippen LogP contribution in [0, 0.1) is 0 Å². The fourth-order valence-electron chi connectivity index (χ4n) is 2.61. The van der Waals surface area contributed by atoms with Gasteiger partial charge in [-0.2, -0.15) is 5.10 Å². The molecule has 0 bridgehead atoms. The average molecular weight is 251 g/mol. The molecule has 102 valence electrons. The number of nitrogens with zero attached hydrogens (tertiary/aromatic N) is 2. The van der Waals surface area contributed by atoms with E-state index >= 15 is 0 Å². The molecule has 1 aromatic heterocycles. The van der Waals surface area contributed by atoms with Crippen LogP contribution in [0.1, 0.15) is 50.8 Å². The molecule has 1 unspecified atom stereocenters. The number of rotatable bonds is 6. The van der Waals surface area contributed by atoms with Gasteiger partial charge in [0.05, 0.1) is 18.3 Å². The van der Waals surface area contributed by atoms with Crippen molar-refractivity contribution in [1.29, 1.82) is 0 Å². The van der Waals surface area contributed by atoms with Crippen LogP contribution in [0.15, 0.2) is 12.3 Å². The number of nitrogens with one attached hydrogen (secondary N) is 1. The highest BCUT2D eigenvalue weighted by Gasteiger charge is 2.15. The summed E-state index contributed by atoms with van der Waals surface area (Å²) >= 11 is 0. The molecular weight excluding hydrogens is 226 g/mol. The van der Waals surface area contributed by atoms with E-state index in [4.69, 9.17) is 4.74 Å². The Kier molecular flexibility index (Phi) is 5.20. The first-order valence-corrected chi connectivity index (χ1v) is 7.06. The predicted molar refractivity (Wildman–Crippen MR) is 72.5 cm³/mol. The lowest BCUT2D eigenvalue weighted by atomic mass is 9.96. The maximum absolute atomic E-state index is 5.10. The van der Waals surface area contributed by atoms with Gasteiger partial charge in [-0.15, -0.1) is 0 Å². The maximum atomic E-state index is 5.10. The van der Waals surface area contributed by atoms with Gasteiger partial charge in [0.2, 0.25) is 0 Å². The first kappa shape index (κ1) is 13.6. The van der Waals surface area contributed by atoms with Gasteiger partial charge in [-0.1, -0.05) is 19.3 Å². The highest BCUT2D eigenvalue weighted by molar-refractivity contribution is 5.00. The molecule has 1 fully saturated rings. The topological polar surface area (TPSA) is 39.1 Å². The van der Waals surface area contributed by atoms with Crippen molar-refractivity contribution in [3.63, 3.8) is 0 Å². The summed E-state index contributed by atoms with van der Waals surface area (Å²) in [6.45, 7) is 3.69. The molecule has 1 saturated carbocycles. The Morgan fingerprint density at radius 1 is 1.44 bits per heavy atom. The molecule has 0 saturated heterocycles. The Balaban J connectivity index is 1.82. The SMILES string of the molecule is COCC(C)NCc1ccn(C2CCCCC2)n1. The molecule has 1 aliphatic carbocycles. The summed E-state index contributed by atoms with van der Waals surface area (Å²) in [5.74, 6) is 0. The Labute approximate surface area is 110 Å². The van der Waals surface area contributed by atoms with Crippen molar-refractivity contribution in [3.05, 3.63) is 18.0 Å². The van der Waals surface area contributed by atoms with Crippen LogP contribution in [0.4, 0.5) is 0 Å². The van der Waals surface area contributed by atoms with E-state index in [0.717, 1.165) is 18.8 Å². The van der Waals surface area contributed by atoms with Gasteiger partial charge in [0, 0.05) is 25.9 Å². The van der Waals surface area contributed by atoms with Gasteiger partial charge in [-0.05, 0) is 25.8 Å². The van der Waals surface area contributed by atoms with Crippen LogP contribution in [0.2, 0.25) is 0 Å². The van der Waals surface area contributed by atoms with Gasteiger partial charge in [0.1, 0.15) is 0 Å². The molecule has 0 spiro atoms. The first-order valence-electron chi connectivity index (χ1n) is 7.06. The van der Waals surface area contributed by atoms with Gasteiger partial charge >= 0.3 is 0 Å². The second-order valence-corrected chi connectivity index (χ2v) is 5.32. The molecular formula is C14H25N3O. The molecule has 0 radical (unpaired) electrons. The minimum Gasteiger partial charge on any atom is -0.383 e. The minimum absolute atomic E-state index is 0.370. The Morgan fingerprint density at radius 3 is 2.94 bits per heavy atom. The van der Waals surface area contributed by atoms with Crippen molar-refractivity contribution in [2.75, 3.05) is 13.7 Å². The third-order valence-corrected chi connectivity index (χ3v) is 3.66. The fraction of sp³-hybridized carbons (Fsp3) is 0.786. The monoisotopic (exact) mass is 251 g/mol. The lowest BCUT2D eigenvalue weighted by molar-refractivity contribution is 0.171. The van der Waals surface area contributed by atoms with E-state index in [1.165, 1.54) is 32.1 Å². The molecule has 1 heterocycles. The quantitative estimate of drug-likeness (QED) is 0.844. The molecule has 1 N–H and O–H groups in total.